The molecule has 2 aromatic carbocycles. The number of carbonyl (C=O) groups excluding carboxylic acids is 2. The number of para-hydroxylation sites is 1. The van der Waals surface area contributed by atoms with Crippen LogP contribution in [0.15, 0.2) is 53.4 Å². The summed E-state index contributed by atoms with van der Waals surface area (Å²) in [5, 5.41) is 2.58. The molecule has 0 spiro atoms. The van der Waals surface area contributed by atoms with Crippen molar-refractivity contribution in [3.05, 3.63) is 59.7 Å². The van der Waals surface area contributed by atoms with Gasteiger partial charge in [0.1, 0.15) is 4.90 Å². The van der Waals surface area contributed by atoms with E-state index in [0.717, 1.165) is 31.7 Å². The van der Waals surface area contributed by atoms with Gasteiger partial charge in [0.15, 0.2) is 0 Å². The smallest absolute Gasteiger partial charge is 0.266 e. The van der Waals surface area contributed by atoms with Crippen LogP contribution in [-0.4, -0.2) is 20.2 Å². The van der Waals surface area contributed by atoms with Crippen LogP contribution in [0.1, 0.15) is 49.0 Å². The minimum Gasteiger partial charge on any atom is -0.321 e. The Hall–Kier alpha value is -3.11. The number of hydrogen-bond donors (Lipinski definition) is 2. The van der Waals surface area contributed by atoms with Crippen molar-refractivity contribution in [3.63, 3.8) is 0 Å². The van der Waals surface area contributed by atoms with Gasteiger partial charge in [0.05, 0.1) is 5.69 Å². The lowest BCUT2D eigenvalue weighted by Crippen LogP contribution is -2.29. The van der Waals surface area contributed by atoms with Gasteiger partial charge in [-0.15, -0.1) is 0 Å². The van der Waals surface area contributed by atoms with Crippen molar-refractivity contribution in [2.45, 2.75) is 38.0 Å². The quantitative estimate of drug-likeness (QED) is 0.577. The van der Waals surface area contributed by atoms with Crippen LogP contribution < -0.4 is 10.0 Å². The van der Waals surface area contributed by atoms with Crippen molar-refractivity contribution in [1.82, 2.24) is 4.72 Å². The third kappa shape index (κ3) is 5.96. The summed E-state index contributed by atoms with van der Waals surface area (Å²) in [6.07, 6.45) is 2.97. The zero-order chi connectivity index (χ0) is 20.6. The molecule has 2 N–H and O–H groups in total. The van der Waals surface area contributed by atoms with Crippen LogP contribution in [0.5, 0.6) is 0 Å². The van der Waals surface area contributed by atoms with E-state index in [-0.39, 0.29) is 10.6 Å². The zero-order valence-corrected chi connectivity index (χ0v) is 16.6. The largest absolute Gasteiger partial charge is 0.321 e. The lowest BCUT2D eigenvalue weighted by Gasteiger charge is -2.12. The number of nitrogens with one attached hydrogen (secondary N) is 2. The molecule has 2 rings (SSSR count). The first-order valence-corrected chi connectivity index (χ1v) is 10.3. The summed E-state index contributed by atoms with van der Waals surface area (Å²) in [7, 11) is -4.07. The molecule has 0 aromatic heterocycles. The Balaban J connectivity index is 2.17. The van der Waals surface area contributed by atoms with Gasteiger partial charge in [0, 0.05) is 24.5 Å². The van der Waals surface area contributed by atoms with Crippen LogP contribution in [0.25, 0.3) is 0 Å². The van der Waals surface area contributed by atoms with Crippen molar-refractivity contribution in [3.8, 4) is 11.8 Å². The van der Waals surface area contributed by atoms with Crippen molar-refractivity contribution in [2.24, 2.45) is 0 Å². The Morgan fingerprint density at radius 3 is 2.36 bits per heavy atom. The molecule has 0 radical (unpaired) electrons. The highest BCUT2D eigenvalue weighted by atomic mass is 32.2. The molecule has 0 saturated carbocycles. The number of hydrogen-bond acceptors (Lipinski definition) is 4. The lowest BCUT2D eigenvalue weighted by molar-refractivity contribution is -0.117. The minimum absolute atomic E-state index is 0.0877. The Morgan fingerprint density at radius 1 is 1.04 bits per heavy atom. The molecule has 28 heavy (non-hydrogen) atoms. The SMILES string of the molecule is CCCCC#Cc1ccc(C(=O)Nc2ccccc2S(=O)(=O)NC(C)=O)cc1. The molecule has 0 aliphatic carbocycles. The van der Waals surface area contributed by atoms with Gasteiger partial charge in [0.2, 0.25) is 5.91 Å². The molecule has 0 aliphatic rings. The van der Waals surface area contributed by atoms with Gasteiger partial charge < -0.3 is 5.32 Å². The Labute approximate surface area is 165 Å². The molecule has 0 fully saturated rings. The monoisotopic (exact) mass is 398 g/mol. The number of rotatable bonds is 6. The minimum atomic E-state index is -4.07. The number of carbonyl (C=O) groups is 2. The van der Waals surface area contributed by atoms with Crippen molar-refractivity contribution >= 4 is 27.5 Å². The topological polar surface area (TPSA) is 92.3 Å². The summed E-state index contributed by atoms with van der Waals surface area (Å²) in [6.45, 7) is 3.21. The van der Waals surface area contributed by atoms with E-state index >= 15 is 0 Å². The second kappa shape index (κ2) is 9.72. The van der Waals surface area contributed by atoms with Crippen LogP contribution in [0, 0.1) is 11.8 Å². The van der Waals surface area contributed by atoms with E-state index in [2.05, 4.69) is 24.1 Å². The maximum atomic E-state index is 12.5. The van der Waals surface area contributed by atoms with Gasteiger partial charge in [-0.3, -0.25) is 9.59 Å². The average Bonchev–Trinajstić information content (AvgIpc) is 2.65. The fourth-order valence-electron chi connectivity index (χ4n) is 2.38. The zero-order valence-electron chi connectivity index (χ0n) is 15.8. The summed E-state index contributed by atoms with van der Waals surface area (Å²) in [4.78, 5) is 23.5. The summed E-state index contributed by atoms with van der Waals surface area (Å²) in [5.41, 5.74) is 1.26. The molecule has 0 bridgehead atoms. The average molecular weight is 398 g/mol. The molecule has 6 nitrogen and oxygen atoms in total. The third-order valence-corrected chi connectivity index (χ3v) is 5.23. The van der Waals surface area contributed by atoms with Gasteiger partial charge in [-0.05, 0) is 42.8 Å². The highest BCUT2D eigenvalue weighted by molar-refractivity contribution is 7.90. The normalized spacial score (nSPS) is 10.5. The molecule has 146 valence electrons. The Morgan fingerprint density at radius 2 is 1.71 bits per heavy atom. The molecule has 0 unspecified atom stereocenters. The van der Waals surface area contributed by atoms with E-state index < -0.39 is 21.8 Å². The lowest BCUT2D eigenvalue weighted by atomic mass is 10.1. The Kier molecular flexibility index (Phi) is 7.36. The van der Waals surface area contributed by atoms with Gasteiger partial charge in [0.25, 0.3) is 15.9 Å². The number of benzene rings is 2. The van der Waals surface area contributed by atoms with Gasteiger partial charge in [-0.1, -0.05) is 37.3 Å². The number of anilines is 1. The number of unbranched alkanes of at least 4 members (excludes halogenated alkanes) is 2. The maximum absolute atomic E-state index is 12.5. The van der Waals surface area contributed by atoms with E-state index in [9.17, 15) is 18.0 Å². The van der Waals surface area contributed by atoms with Gasteiger partial charge >= 0.3 is 0 Å². The maximum Gasteiger partial charge on any atom is 0.266 e. The van der Waals surface area contributed by atoms with Crippen molar-refractivity contribution < 1.29 is 18.0 Å². The molecule has 0 aliphatic heterocycles. The van der Waals surface area contributed by atoms with Crippen LogP contribution >= 0.6 is 0 Å². The van der Waals surface area contributed by atoms with Gasteiger partial charge in [-0.2, -0.15) is 0 Å². The summed E-state index contributed by atoms with van der Waals surface area (Å²) in [5.74, 6) is 4.95. The molecule has 0 atom stereocenters. The second-order valence-electron chi connectivity index (χ2n) is 6.09. The fraction of sp³-hybridized carbons (Fsp3) is 0.238. The van der Waals surface area contributed by atoms with E-state index in [4.69, 9.17) is 0 Å². The first kappa shape index (κ1) is 21.2. The fourth-order valence-corrected chi connectivity index (χ4v) is 3.53. The predicted molar refractivity (Wildman–Crippen MR) is 108 cm³/mol. The van der Waals surface area contributed by atoms with Crippen LogP contribution in [0.4, 0.5) is 5.69 Å². The predicted octanol–water partition coefficient (Wildman–Crippen LogP) is 3.31. The first-order valence-electron chi connectivity index (χ1n) is 8.86. The van der Waals surface area contributed by atoms with E-state index in [1.54, 1.807) is 30.3 Å². The van der Waals surface area contributed by atoms with Crippen molar-refractivity contribution in [1.29, 1.82) is 0 Å². The second-order valence-corrected chi connectivity index (χ2v) is 7.75. The van der Waals surface area contributed by atoms with Crippen LogP contribution in [0.2, 0.25) is 0 Å². The molecule has 2 amide bonds. The molecule has 0 heterocycles. The molecular formula is C21H22N2O4S. The molecular weight excluding hydrogens is 376 g/mol. The summed E-state index contributed by atoms with van der Waals surface area (Å²) in [6, 6.07) is 12.6. The molecule has 7 heteroatoms. The molecule has 2 aromatic rings. The third-order valence-electron chi connectivity index (χ3n) is 3.74. The van der Waals surface area contributed by atoms with E-state index in [1.165, 1.54) is 18.2 Å². The van der Waals surface area contributed by atoms with Crippen LogP contribution in [0.3, 0.4) is 0 Å². The number of amides is 2. The number of sulfonamides is 1. The standard InChI is InChI=1S/C21H22N2O4S/c1-3-4-5-6-9-17-12-14-18(15-13-17)21(25)22-19-10-7-8-11-20(19)28(26,27)23-16(2)24/h7-8,10-15H,3-5H2,1-2H3,(H,22,25)(H,23,24). The Bertz CT molecular complexity index is 1020. The highest BCUT2D eigenvalue weighted by Crippen LogP contribution is 2.21. The van der Waals surface area contributed by atoms with Crippen molar-refractivity contribution in [2.75, 3.05) is 5.32 Å². The first-order chi connectivity index (χ1) is 13.3. The van der Waals surface area contributed by atoms with Crippen LogP contribution in [-0.2, 0) is 14.8 Å². The van der Waals surface area contributed by atoms with E-state index in [0.29, 0.717) is 5.56 Å². The van der Waals surface area contributed by atoms with E-state index in [1.807, 2.05) is 4.72 Å². The summed E-state index contributed by atoms with van der Waals surface area (Å²) < 4.78 is 26.4. The highest BCUT2D eigenvalue weighted by Gasteiger charge is 2.20. The summed E-state index contributed by atoms with van der Waals surface area (Å²) >= 11 is 0. The van der Waals surface area contributed by atoms with Gasteiger partial charge in [-0.25, -0.2) is 13.1 Å². The molecule has 0 saturated heterocycles.